The van der Waals surface area contributed by atoms with Crippen LogP contribution < -0.4 is 0 Å². The molecule has 3 aromatic rings. The summed E-state index contributed by atoms with van der Waals surface area (Å²) in [6.45, 7) is 2.50. The molecule has 11 heteroatoms. The number of hydrogen-bond acceptors (Lipinski definition) is 5. The Morgan fingerprint density at radius 3 is 2.71 bits per heavy atom. The molecule has 1 aliphatic heterocycles. The van der Waals surface area contributed by atoms with E-state index in [1.807, 2.05) is 6.07 Å². The maximum Gasteiger partial charge on any atom is 0.424 e. The van der Waals surface area contributed by atoms with Gasteiger partial charge in [0.2, 0.25) is 5.60 Å². The number of fused-ring (bicyclic) bond motifs is 2. The van der Waals surface area contributed by atoms with Crippen molar-refractivity contribution in [3.63, 3.8) is 0 Å². The molecule has 162 valence electrons. The minimum Gasteiger partial charge on any atom is -0.374 e. The number of hydrogen-bond donors (Lipinski definition) is 1. The SMILES string of the molecule is C[C@H]1CN(C(=O)c2c3ccc(C#N)cc3nn2C)Cc2cnc([C@@](C)(O)C(F)(F)F)n21. The minimum atomic E-state index is -4.89. The summed E-state index contributed by atoms with van der Waals surface area (Å²) >= 11 is 0. The smallest absolute Gasteiger partial charge is 0.374 e. The van der Waals surface area contributed by atoms with Crippen molar-refractivity contribution >= 4 is 16.8 Å². The first-order valence-electron chi connectivity index (χ1n) is 9.47. The van der Waals surface area contributed by atoms with Crippen molar-refractivity contribution in [1.82, 2.24) is 24.2 Å². The third-order valence-corrected chi connectivity index (χ3v) is 5.59. The van der Waals surface area contributed by atoms with Gasteiger partial charge in [0.05, 0.1) is 41.6 Å². The number of aliphatic hydroxyl groups is 1. The predicted molar refractivity (Wildman–Crippen MR) is 103 cm³/mol. The summed E-state index contributed by atoms with van der Waals surface area (Å²) in [6, 6.07) is 6.33. The number of aryl methyl sites for hydroxylation is 1. The highest BCUT2D eigenvalue weighted by molar-refractivity contribution is 6.05. The molecule has 0 fully saturated rings. The molecule has 0 spiro atoms. The number of carbonyl (C=O) groups excluding carboxylic acids is 1. The number of benzene rings is 1. The van der Waals surface area contributed by atoms with Gasteiger partial charge in [0.25, 0.3) is 5.91 Å². The van der Waals surface area contributed by atoms with Gasteiger partial charge in [-0.1, -0.05) is 0 Å². The topological polar surface area (TPSA) is 100.0 Å². The Hall–Kier alpha value is -3.39. The molecule has 2 atom stereocenters. The second-order valence-electron chi connectivity index (χ2n) is 7.86. The number of nitriles is 1. The summed E-state index contributed by atoms with van der Waals surface area (Å²) in [7, 11) is 1.62. The van der Waals surface area contributed by atoms with E-state index in [0.29, 0.717) is 34.8 Å². The van der Waals surface area contributed by atoms with Crippen LogP contribution >= 0.6 is 0 Å². The van der Waals surface area contributed by atoms with Crippen LogP contribution in [0.5, 0.6) is 0 Å². The van der Waals surface area contributed by atoms with Crippen LogP contribution in [0.2, 0.25) is 0 Å². The van der Waals surface area contributed by atoms with Gasteiger partial charge in [-0.05, 0) is 32.0 Å². The summed E-state index contributed by atoms with van der Waals surface area (Å²) in [6.07, 6.45) is -3.64. The first-order chi connectivity index (χ1) is 14.5. The molecule has 8 nitrogen and oxygen atoms in total. The van der Waals surface area contributed by atoms with Crippen molar-refractivity contribution in [1.29, 1.82) is 5.26 Å². The van der Waals surface area contributed by atoms with Crippen molar-refractivity contribution in [2.75, 3.05) is 6.54 Å². The lowest BCUT2D eigenvalue weighted by atomic mass is 10.0. The molecule has 0 radical (unpaired) electrons. The van der Waals surface area contributed by atoms with Crippen molar-refractivity contribution in [2.45, 2.75) is 38.2 Å². The van der Waals surface area contributed by atoms with Crippen LogP contribution in [-0.2, 0) is 19.2 Å². The highest BCUT2D eigenvalue weighted by Gasteiger charge is 2.55. The Kier molecular flexibility index (Phi) is 4.59. The van der Waals surface area contributed by atoms with Crippen LogP contribution in [0, 0.1) is 11.3 Å². The Balaban J connectivity index is 1.70. The lowest BCUT2D eigenvalue weighted by Crippen LogP contribution is -2.46. The largest absolute Gasteiger partial charge is 0.424 e. The van der Waals surface area contributed by atoms with Crippen LogP contribution in [0.15, 0.2) is 24.4 Å². The minimum absolute atomic E-state index is 0.0348. The summed E-state index contributed by atoms with van der Waals surface area (Å²) < 4.78 is 42.8. The van der Waals surface area contributed by atoms with Gasteiger partial charge < -0.3 is 14.6 Å². The molecule has 2 aromatic heterocycles. The van der Waals surface area contributed by atoms with Crippen molar-refractivity contribution in [3.8, 4) is 6.07 Å². The molecule has 0 saturated carbocycles. The van der Waals surface area contributed by atoms with E-state index in [1.165, 1.54) is 20.3 Å². The average molecular weight is 432 g/mol. The Morgan fingerprint density at radius 1 is 1.35 bits per heavy atom. The summed E-state index contributed by atoms with van der Waals surface area (Å²) in [4.78, 5) is 18.7. The van der Waals surface area contributed by atoms with Crippen molar-refractivity contribution in [3.05, 3.63) is 47.2 Å². The zero-order chi connectivity index (χ0) is 22.7. The van der Waals surface area contributed by atoms with E-state index in [4.69, 9.17) is 5.26 Å². The monoisotopic (exact) mass is 432 g/mol. The number of halogens is 3. The van der Waals surface area contributed by atoms with Gasteiger partial charge in [0, 0.05) is 19.0 Å². The maximum atomic E-state index is 13.3. The molecular weight excluding hydrogens is 413 g/mol. The number of amides is 1. The summed E-state index contributed by atoms with van der Waals surface area (Å²) in [5, 5.41) is 24.0. The van der Waals surface area contributed by atoms with Crippen molar-refractivity contribution < 1.29 is 23.1 Å². The lowest BCUT2D eigenvalue weighted by molar-refractivity contribution is -0.263. The Labute approximate surface area is 175 Å². The quantitative estimate of drug-likeness (QED) is 0.671. The first-order valence-corrected chi connectivity index (χ1v) is 9.47. The molecule has 1 amide bonds. The lowest BCUT2D eigenvalue weighted by Gasteiger charge is -2.36. The van der Waals surface area contributed by atoms with Gasteiger partial charge in [-0.2, -0.15) is 23.5 Å². The van der Waals surface area contributed by atoms with Crippen LogP contribution in [0.3, 0.4) is 0 Å². The summed E-state index contributed by atoms with van der Waals surface area (Å²) in [5.41, 5.74) is -1.47. The van der Waals surface area contributed by atoms with Crippen molar-refractivity contribution in [2.24, 2.45) is 7.05 Å². The Morgan fingerprint density at radius 2 is 2.06 bits per heavy atom. The van der Waals surface area contributed by atoms with E-state index in [2.05, 4.69) is 10.1 Å². The fraction of sp³-hybridized carbons (Fsp3) is 0.400. The first kappa shape index (κ1) is 20.9. The molecule has 1 aliphatic rings. The van der Waals surface area contributed by atoms with Gasteiger partial charge in [-0.3, -0.25) is 9.48 Å². The molecular formula is C20H19F3N6O2. The highest BCUT2D eigenvalue weighted by atomic mass is 19.4. The second kappa shape index (κ2) is 6.81. The van der Waals surface area contributed by atoms with E-state index in [0.717, 1.165) is 0 Å². The molecule has 0 bridgehead atoms. The Bertz CT molecular complexity index is 1230. The van der Waals surface area contributed by atoms with Gasteiger partial charge in [0.15, 0.2) is 5.82 Å². The van der Waals surface area contributed by atoms with E-state index in [1.54, 1.807) is 32.2 Å². The highest BCUT2D eigenvalue weighted by Crippen LogP contribution is 2.40. The molecule has 0 unspecified atom stereocenters. The normalized spacial score (nSPS) is 18.5. The molecule has 3 heterocycles. The van der Waals surface area contributed by atoms with Gasteiger partial charge >= 0.3 is 6.18 Å². The zero-order valence-electron chi connectivity index (χ0n) is 17.0. The molecule has 31 heavy (non-hydrogen) atoms. The number of alkyl halides is 3. The molecule has 0 saturated heterocycles. The third-order valence-electron chi connectivity index (χ3n) is 5.59. The van der Waals surface area contributed by atoms with Crippen LogP contribution in [0.1, 0.15) is 47.5 Å². The molecule has 4 rings (SSSR count). The zero-order valence-corrected chi connectivity index (χ0v) is 17.0. The van der Waals surface area contributed by atoms with Gasteiger partial charge in [0.1, 0.15) is 5.69 Å². The van der Waals surface area contributed by atoms with Gasteiger partial charge in [-0.25, -0.2) is 4.98 Å². The van der Waals surface area contributed by atoms with Crippen LogP contribution in [-0.4, -0.2) is 48.0 Å². The third kappa shape index (κ3) is 3.14. The van der Waals surface area contributed by atoms with E-state index in [9.17, 15) is 23.1 Å². The number of carbonyl (C=O) groups is 1. The standard InChI is InChI=1S/C20H19F3N6O2/c1-11-9-28(10-13-8-25-18(29(11)13)19(2,31)20(21,22)23)17(30)16-14-5-4-12(7-24)6-15(14)26-27(16)3/h4-6,8,11,31H,9-10H2,1-3H3/t11-,19+/m0/s1. The molecule has 1 N–H and O–H groups in total. The fourth-order valence-electron chi connectivity index (χ4n) is 3.98. The number of aromatic nitrogens is 4. The number of rotatable bonds is 2. The van der Waals surface area contributed by atoms with E-state index >= 15 is 0 Å². The van der Waals surface area contributed by atoms with Gasteiger partial charge in [-0.15, -0.1) is 0 Å². The maximum absolute atomic E-state index is 13.3. The molecule has 1 aromatic carbocycles. The number of imidazole rings is 1. The molecule has 0 aliphatic carbocycles. The van der Waals surface area contributed by atoms with Crippen LogP contribution in [0.4, 0.5) is 13.2 Å². The van der Waals surface area contributed by atoms with Crippen LogP contribution in [0.25, 0.3) is 10.9 Å². The fourth-order valence-corrected chi connectivity index (χ4v) is 3.98. The second-order valence-corrected chi connectivity index (χ2v) is 7.86. The number of nitrogens with zero attached hydrogens (tertiary/aromatic N) is 6. The van der Waals surface area contributed by atoms with E-state index < -0.39 is 23.6 Å². The summed E-state index contributed by atoms with van der Waals surface area (Å²) in [5.74, 6) is -0.831. The van der Waals surface area contributed by atoms with E-state index in [-0.39, 0.29) is 19.0 Å². The average Bonchev–Trinajstić information content (AvgIpc) is 3.26. The predicted octanol–water partition coefficient (Wildman–Crippen LogP) is 2.63.